The lowest BCUT2D eigenvalue weighted by molar-refractivity contribution is -0.384. The predicted molar refractivity (Wildman–Crippen MR) is 125 cm³/mol. The third-order valence-corrected chi connectivity index (χ3v) is 4.63. The molecule has 0 amide bonds. The number of nitrogens with zero attached hydrogens (tertiary/aromatic N) is 2. The lowest BCUT2D eigenvalue weighted by Gasteiger charge is -2.10. The summed E-state index contributed by atoms with van der Waals surface area (Å²) < 4.78 is 21.3. The molecule has 3 aromatic rings. The smallest absolute Gasteiger partial charge is 0.363 e. The van der Waals surface area contributed by atoms with E-state index in [1.165, 1.54) is 42.7 Å². The number of nitro groups is 1. The number of nitro benzene ring substituents is 1. The Kier molecular flexibility index (Phi) is 6.82. The van der Waals surface area contributed by atoms with Gasteiger partial charge in [-0.2, -0.15) is 0 Å². The molecule has 0 radical (unpaired) electrons. The number of aliphatic imine (C=N–C) groups is 1. The van der Waals surface area contributed by atoms with E-state index in [1.54, 1.807) is 37.3 Å². The van der Waals surface area contributed by atoms with Gasteiger partial charge in [-0.3, -0.25) is 10.1 Å². The van der Waals surface area contributed by atoms with Crippen LogP contribution in [0.1, 0.15) is 23.8 Å². The van der Waals surface area contributed by atoms with Crippen LogP contribution in [0.15, 0.2) is 82.0 Å². The Hall–Kier alpha value is -4.99. The molecule has 0 fully saturated rings. The first-order valence-electron chi connectivity index (χ1n) is 10.4. The summed E-state index contributed by atoms with van der Waals surface area (Å²) in [4.78, 5) is 39.0. The summed E-state index contributed by atoms with van der Waals surface area (Å²) >= 11 is 0. The van der Waals surface area contributed by atoms with Gasteiger partial charge in [-0.1, -0.05) is 18.2 Å². The van der Waals surface area contributed by atoms with E-state index in [1.807, 2.05) is 0 Å². The maximum atomic E-state index is 12.3. The van der Waals surface area contributed by atoms with Gasteiger partial charge in [-0.25, -0.2) is 14.6 Å². The fourth-order valence-electron chi connectivity index (χ4n) is 3.09. The van der Waals surface area contributed by atoms with Crippen molar-refractivity contribution in [3.8, 4) is 11.5 Å². The van der Waals surface area contributed by atoms with Crippen molar-refractivity contribution in [1.29, 1.82) is 0 Å². The third kappa shape index (κ3) is 5.69. The molecule has 1 aliphatic rings. The summed E-state index contributed by atoms with van der Waals surface area (Å²) in [5.41, 5.74) is 1.02. The van der Waals surface area contributed by atoms with Crippen molar-refractivity contribution in [2.45, 2.75) is 6.92 Å². The molecule has 0 aliphatic carbocycles. The molecule has 0 bridgehead atoms. The molecule has 0 N–H and O–H groups in total. The van der Waals surface area contributed by atoms with Crippen LogP contribution >= 0.6 is 0 Å². The summed E-state index contributed by atoms with van der Waals surface area (Å²) in [7, 11) is 0. The van der Waals surface area contributed by atoms with Gasteiger partial charge >= 0.3 is 11.9 Å². The Bertz CT molecular complexity index is 1370. The van der Waals surface area contributed by atoms with Gasteiger partial charge in [-0.15, -0.1) is 0 Å². The molecule has 176 valence electrons. The number of cyclic esters (lactones) is 1. The largest absolute Gasteiger partial charge is 0.490 e. The number of ether oxygens (including phenoxy) is 3. The Morgan fingerprint density at radius 2 is 1.97 bits per heavy atom. The molecule has 0 unspecified atom stereocenters. The fraction of sp³-hybridized carbons (Fsp3) is 0.0800. The second-order valence-electron chi connectivity index (χ2n) is 7.06. The van der Waals surface area contributed by atoms with Crippen LogP contribution < -0.4 is 9.47 Å². The molecule has 0 atom stereocenters. The number of carbonyl (C=O) groups excluding carboxylic acids is 2. The molecule has 2 heterocycles. The van der Waals surface area contributed by atoms with Gasteiger partial charge in [0.15, 0.2) is 23.0 Å². The number of esters is 2. The van der Waals surface area contributed by atoms with Gasteiger partial charge < -0.3 is 18.6 Å². The molecular formula is C25H18N2O8. The first kappa shape index (κ1) is 23.2. The first-order chi connectivity index (χ1) is 16.9. The van der Waals surface area contributed by atoms with Crippen molar-refractivity contribution in [3.05, 3.63) is 99.6 Å². The van der Waals surface area contributed by atoms with Crippen molar-refractivity contribution < 1.29 is 33.1 Å². The molecule has 1 aliphatic heterocycles. The Balaban J connectivity index is 1.51. The zero-order valence-electron chi connectivity index (χ0n) is 18.4. The second kappa shape index (κ2) is 10.3. The van der Waals surface area contributed by atoms with Gasteiger partial charge in [0.2, 0.25) is 0 Å². The lowest BCUT2D eigenvalue weighted by Crippen LogP contribution is -2.06. The highest BCUT2D eigenvalue weighted by Crippen LogP contribution is 2.30. The van der Waals surface area contributed by atoms with E-state index < -0.39 is 16.9 Å². The molecule has 35 heavy (non-hydrogen) atoms. The molecule has 4 rings (SSSR count). The van der Waals surface area contributed by atoms with Crippen LogP contribution in [0, 0.1) is 10.1 Å². The molecule has 2 aromatic carbocycles. The second-order valence-corrected chi connectivity index (χ2v) is 7.06. The zero-order valence-corrected chi connectivity index (χ0v) is 18.4. The number of rotatable bonds is 8. The van der Waals surface area contributed by atoms with Gasteiger partial charge in [0.1, 0.15) is 0 Å². The van der Waals surface area contributed by atoms with E-state index in [4.69, 9.17) is 18.6 Å². The van der Waals surface area contributed by atoms with Crippen LogP contribution in [-0.2, 0) is 14.3 Å². The standard InChI is InChI=1S/C25H18N2O8/c1-2-32-22-15-17(14-19-25(29)35-24(26-19)21-7-4-12-33-21)8-10-20(22)34-23(28)11-9-16-5-3-6-18(13-16)27(30)31/h3-15H,2H2,1H3/b11-9+,19-14+. The van der Waals surface area contributed by atoms with Gasteiger partial charge in [0.05, 0.1) is 17.8 Å². The summed E-state index contributed by atoms with van der Waals surface area (Å²) in [6.45, 7) is 2.07. The molecule has 0 spiro atoms. The Morgan fingerprint density at radius 3 is 2.71 bits per heavy atom. The number of hydrogen-bond donors (Lipinski definition) is 0. The predicted octanol–water partition coefficient (Wildman–Crippen LogP) is 4.55. The number of benzene rings is 2. The summed E-state index contributed by atoms with van der Waals surface area (Å²) in [6, 6.07) is 13.9. The minimum absolute atomic E-state index is 0.0670. The van der Waals surface area contributed by atoms with Crippen LogP contribution in [0.5, 0.6) is 11.5 Å². The van der Waals surface area contributed by atoms with Crippen LogP contribution in [0.2, 0.25) is 0 Å². The van der Waals surface area contributed by atoms with Gasteiger partial charge in [-0.05, 0) is 54.5 Å². The number of non-ortho nitro benzene ring substituents is 1. The minimum atomic E-state index is -0.698. The normalized spacial score (nSPS) is 14.1. The molecule has 10 heteroatoms. The van der Waals surface area contributed by atoms with Crippen molar-refractivity contribution in [2.24, 2.45) is 4.99 Å². The maximum Gasteiger partial charge on any atom is 0.363 e. The van der Waals surface area contributed by atoms with Gasteiger partial charge in [0.25, 0.3) is 11.6 Å². The SMILES string of the molecule is CCOc1cc(/C=C2/N=C(c3ccco3)OC2=O)ccc1OC(=O)/C=C/c1cccc([N+](=O)[O-])c1. The summed E-state index contributed by atoms with van der Waals surface area (Å²) in [5, 5.41) is 10.9. The molecule has 0 saturated heterocycles. The fourth-order valence-corrected chi connectivity index (χ4v) is 3.09. The van der Waals surface area contributed by atoms with E-state index in [0.717, 1.165) is 6.08 Å². The van der Waals surface area contributed by atoms with E-state index in [9.17, 15) is 19.7 Å². The van der Waals surface area contributed by atoms with Gasteiger partial charge in [0, 0.05) is 18.2 Å². The van der Waals surface area contributed by atoms with Crippen LogP contribution in [0.3, 0.4) is 0 Å². The van der Waals surface area contributed by atoms with Crippen molar-refractivity contribution >= 4 is 35.7 Å². The monoisotopic (exact) mass is 474 g/mol. The van der Waals surface area contributed by atoms with Crippen LogP contribution in [0.4, 0.5) is 5.69 Å². The minimum Gasteiger partial charge on any atom is -0.490 e. The van der Waals surface area contributed by atoms with Crippen molar-refractivity contribution in [1.82, 2.24) is 0 Å². The topological polar surface area (TPSA) is 130 Å². The van der Waals surface area contributed by atoms with E-state index in [2.05, 4.69) is 4.99 Å². The molecule has 0 saturated carbocycles. The van der Waals surface area contributed by atoms with E-state index >= 15 is 0 Å². The average molecular weight is 474 g/mol. The van der Waals surface area contributed by atoms with Crippen LogP contribution in [-0.4, -0.2) is 29.4 Å². The van der Waals surface area contributed by atoms with Crippen molar-refractivity contribution in [3.63, 3.8) is 0 Å². The number of furan rings is 1. The van der Waals surface area contributed by atoms with E-state index in [0.29, 0.717) is 23.5 Å². The lowest BCUT2D eigenvalue weighted by atomic mass is 10.1. The Labute approximate surface area is 198 Å². The maximum absolute atomic E-state index is 12.3. The molecule has 10 nitrogen and oxygen atoms in total. The third-order valence-electron chi connectivity index (χ3n) is 4.63. The number of carbonyl (C=O) groups is 2. The van der Waals surface area contributed by atoms with E-state index in [-0.39, 0.29) is 28.8 Å². The zero-order chi connectivity index (χ0) is 24.8. The quantitative estimate of drug-likeness (QED) is 0.153. The molecule has 1 aromatic heterocycles. The summed E-state index contributed by atoms with van der Waals surface area (Å²) in [6.07, 6.45) is 5.52. The van der Waals surface area contributed by atoms with Crippen molar-refractivity contribution in [2.75, 3.05) is 6.61 Å². The first-order valence-corrected chi connectivity index (χ1v) is 10.4. The summed E-state index contributed by atoms with van der Waals surface area (Å²) in [5.74, 6) is -0.488. The number of hydrogen-bond acceptors (Lipinski definition) is 9. The highest BCUT2D eigenvalue weighted by molar-refractivity contribution is 6.11. The average Bonchev–Trinajstić information content (AvgIpc) is 3.50. The Morgan fingerprint density at radius 1 is 1.11 bits per heavy atom. The van der Waals surface area contributed by atoms with Crippen LogP contribution in [0.25, 0.3) is 12.2 Å². The highest BCUT2D eigenvalue weighted by atomic mass is 16.6. The highest BCUT2D eigenvalue weighted by Gasteiger charge is 2.26. The molecular weight excluding hydrogens is 456 g/mol.